The van der Waals surface area contributed by atoms with Gasteiger partial charge < -0.3 is 20.3 Å². The van der Waals surface area contributed by atoms with E-state index in [1.54, 1.807) is 11.8 Å². The van der Waals surface area contributed by atoms with Gasteiger partial charge in [0.15, 0.2) is 0 Å². The first kappa shape index (κ1) is 23.0. The molecule has 0 spiro atoms. The quantitative estimate of drug-likeness (QED) is 0.680. The minimum Gasteiger partial charge on any atom is -0.464 e. The molecular formula is C23H39N3O4. The van der Waals surface area contributed by atoms with Crippen LogP contribution in [0, 0.1) is 17.8 Å². The highest BCUT2D eigenvalue weighted by Crippen LogP contribution is 2.51. The number of hydrogen-bond donors (Lipinski definition) is 2. The van der Waals surface area contributed by atoms with E-state index in [1.165, 1.54) is 0 Å². The van der Waals surface area contributed by atoms with Gasteiger partial charge in [0, 0.05) is 25.4 Å². The maximum atomic E-state index is 13.5. The van der Waals surface area contributed by atoms with Gasteiger partial charge in [-0.3, -0.25) is 9.59 Å². The maximum Gasteiger partial charge on any atom is 0.332 e. The van der Waals surface area contributed by atoms with Crippen LogP contribution in [-0.2, 0) is 19.1 Å². The van der Waals surface area contributed by atoms with Crippen molar-refractivity contribution < 1.29 is 19.1 Å². The normalized spacial score (nSPS) is 35.5. The summed E-state index contributed by atoms with van der Waals surface area (Å²) in [6.45, 7) is 5.56. The van der Waals surface area contributed by atoms with E-state index in [0.717, 1.165) is 44.9 Å². The van der Waals surface area contributed by atoms with Crippen molar-refractivity contribution in [2.75, 3.05) is 26.7 Å². The van der Waals surface area contributed by atoms with Crippen molar-refractivity contribution in [2.24, 2.45) is 17.8 Å². The van der Waals surface area contributed by atoms with Crippen molar-refractivity contribution in [1.29, 1.82) is 0 Å². The van der Waals surface area contributed by atoms with Crippen LogP contribution < -0.4 is 10.6 Å². The van der Waals surface area contributed by atoms with Gasteiger partial charge in [-0.15, -0.1) is 0 Å². The molecular weight excluding hydrogens is 382 g/mol. The minimum atomic E-state index is -0.922. The molecule has 2 saturated heterocycles. The zero-order valence-corrected chi connectivity index (χ0v) is 18.9. The van der Waals surface area contributed by atoms with E-state index in [1.807, 2.05) is 7.05 Å². The molecule has 1 aliphatic carbocycles. The largest absolute Gasteiger partial charge is 0.464 e. The molecule has 0 radical (unpaired) electrons. The van der Waals surface area contributed by atoms with Gasteiger partial charge >= 0.3 is 5.97 Å². The second-order valence-corrected chi connectivity index (χ2v) is 9.41. The molecule has 2 heterocycles. The molecule has 0 aromatic heterocycles. The van der Waals surface area contributed by atoms with Crippen LogP contribution in [0.4, 0.5) is 0 Å². The van der Waals surface area contributed by atoms with Gasteiger partial charge in [-0.25, -0.2) is 4.79 Å². The number of fused-ring (bicyclic) bond motifs is 2. The molecule has 7 nitrogen and oxygen atoms in total. The van der Waals surface area contributed by atoms with Crippen LogP contribution in [0.2, 0.25) is 0 Å². The fourth-order valence-electron chi connectivity index (χ4n) is 5.54. The third kappa shape index (κ3) is 4.82. The number of hydrogen-bond acceptors (Lipinski definition) is 5. The Morgan fingerprint density at radius 2 is 1.93 bits per heavy atom. The molecule has 1 saturated carbocycles. The average molecular weight is 422 g/mol. The second kappa shape index (κ2) is 10.1. The molecule has 170 valence electrons. The SMILES string of the molecule is CCOC(=O)[C@@]12C[C@H]1C(C)CCCCCCCC(=O)N1CC[C@H](CNC)[C@H]1C(=O)N2. The fraction of sp³-hybridized carbons (Fsp3) is 0.870. The number of ether oxygens (including phenoxy) is 1. The van der Waals surface area contributed by atoms with Gasteiger partial charge in [0.2, 0.25) is 11.8 Å². The molecule has 30 heavy (non-hydrogen) atoms. The smallest absolute Gasteiger partial charge is 0.332 e. The maximum absolute atomic E-state index is 13.5. The van der Waals surface area contributed by atoms with E-state index in [2.05, 4.69) is 17.6 Å². The third-order valence-electron chi connectivity index (χ3n) is 7.32. The predicted molar refractivity (Wildman–Crippen MR) is 115 cm³/mol. The first-order chi connectivity index (χ1) is 14.4. The summed E-state index contributed by atoms with van der Waals surface area (Å²) < 4.78 is 5.37. The van der Waals surface area contributed by atoms with Gasteiger partial charge in [-0.2, -0.15) is 0 Å². The molecule has 0 aromatic carbocycles. The molecule has 0 bridgehead atoms. The van der Waals surface area contributed by atoms with Crippen LogP contribution in [0.5, 0.6) is 0 Å². The molecule has 2 amide bonds. The van der Waals surface area contributed by atoms with E-state index >= 15 is 0 Å². The standard InChI is InChI=1S/C23H39N3O4/c1-4-30-22(29)23-14-18(23)16(2)10-8-6-5-7-9-11-19(27)26-13-12-17(15-24-3)20(26)21(28)25-23/h16-18,20,24H,4-15H2,1-3H3,(H,25,28)/t16?,17-,18+,20+,23-/m1/s1. The molecule has 5 atom stereocenters. The van der Waals surface area contributed by atoms with Crippen LogP contribution >= 0.6 is 0 Å². The topological polar surface area (TPSA) is 87.7 Å². The van der Waals surface area contributed by atoms with E-state index in [-0.39, 0.29) is 29.6 Å². The van der Waals surface area contributed by atoms with Crippen LogP contribution in [0.25, 0.3) is 0 Å². The molecule has 2 aliphatic heterocycles. The molecule has 3 aliphatic rings. The van der Waals surface area contributed by atoms with E-state index in [0.29, 0.717) is 38.5 Å². The number of rotatable bonds is 4. The zero-order valence-electron chi connectivity index (χ0n) is 18.9. The summed E-state index contributed by atoms with van der Waals surface area (Å²) in [5.74, 6) is 0.0745. The van der Waals surface area contributed by atoms with Gasteiger partial charge in [0.1, 0.15) is 11.6 Å². The summed E-state index contributed by atoms with van der Waals surface area (Å²) in [5.41, 5.74) is -0.922. The lowest BCUT2D eigenvalue weighted by molar-refractivity contribution is -0.150. The van der Waals surface area contributed by atoms with Crippen molar-refractivity contribution >= 4 is 17.8 Å². The van der Waals surface area contributed by atoms with E-state index in [4.69, 9.17) is 4.74 Å². The number of esters is 1. The number of nitrogens with zero attached hydrogens (tertiary/aromatic N) is 1. The van der Waals surface area contributed by atoms with Gasteiger partial charge in [0.05, 0.1) is 6.61 Å². The molecule has 3 fully saturated rings. The molecule has 3 rings (SSSR count). The third-order valence-corrected chi connectivity index (χ3v) is 7.32. The summed E-state index contributed by atoms with van der Waals surface area (Å²) in [5, 5.41) is 6.26. The number of carbonyl (C=O) groups excluding carboxylic acids is 3. The summed E-state index contributed by atoms with van der Waals surface area (Å²) in [4.78, 5) is 41.0. The second-order valence-electron chi connectivity index (χ2n) is 9.41. The molecule has 0 aromatic rings. The first-order valence-corrected chi connectivity index (χ1v) is 11.9. The highest BCUT2D eigenvalue weighted by Gasteiger charge is 2.64. The Bertz CT molecular complexity index is 640. The van der Waals surface area contributed by atoms with Gasteiger partial charge in [-0.05, 0) is 45.1 Å². The van der Waals surface area contributed by atoms with Crippen LogP contribution in [0.3, 0.4) is 0 Å². The van der Waals surface area contributed by atoms with Crippen molar-refractivity contribution in [3.63, 3.8) is 0 Å². The average Bonchev–Trinajstić information content (AvgIpc) is 3.29. The zero-order chi connectivity index (χ0) is 21.7. The van der Waals surface area contributed by atoms with Crippen molar-refractivity contribution in [2.45, 2.75) is 83.2 Å². The van der Waals surface area contributed by atoms with Gasteiger partial charge in [0.25, 0.3) is 0 Å². The van der Waals surface area contributed by atoms with E-state index in [9.17, 15) is 14.4 Å². The fourth-order valence-corrected chi connectivity index (χ4v) is 5.54. The number of carbonyl (C=O) groups is 3. The Kier molecular flexibility index (Phi) is 7.77. The van der Waals surface area contributed by atoms with Crippen LogP contribution in [-0.4, -0.2) is 61.0 Å². The summed E-state index contributed by atoms with van der Waals surface area (Å²) in [6, 6.07) is -0.516. The Morgan fingerprint density at radius 3 is 2.67 bits per heavy atom. The molecule has 7 heteroatoms. The van der Waals surface area contributed by atoms with Crippen LogP contribution in [0.1, 0.15) is 71.6 Å². The number of nitrogens with one attached hydrogen (secondary N) is 2. The Hall–Kier alpha value is -1.63. The monoisotopic (exact) mass is 421 g/mol. The summed E-state index contributed by atoms with van der Waals surface area (Å²) in [6.07, 6.45) is 8.34. The van der Waals surface area contributed by atoms with Gasteiger partial charge in [-0.1, -0.05) is 39.0 Å². The lowest BCUT2D eigenvalue weighted by atomic mass is 9.94. The van der Waals surface area contributed by atoms with Crippen LogP contribution in [0.15, 0.2) is 0 Å². The van der Waals surface area contributed by atoms with Crippen molar-refractivity contribution in [1.82, 2.24) is 15.5 Å². The molecule has 1 unspecified atom stereocenters. The number of amides is 2. The summed E-state index contributed by atoms with van der Waals surface area (Å²) in [7, 11) is 1.87. The lowest BCUT2D eigenvalue weighted by Gasteiger charge is -2.30. The predicted octanol–water partition coefficient (Wildman–Crippen LogP) is 2.24. The van der Waals surface area contributed by atoms with E-state index < -0.39 is 11.6 Å². The highest BCUT2D eigenvalue weighted by molar-refractivity contribution is 5.95. The Balaban J connectivity index is 1.85. The van der Waals surface area contributed by atoms with Crippen molar-refractivity contribution in [3.05, 3.63) is 0 Å². The lowest BCUT2D eigenvalue weighted by Crippen LogP contribution is -2.56. The Morgan fingerprint density at radius 1 is 1.20 bits per heavy atom. The molecule has 2 N–H and O–H groups in total. The van der Waals surface area contributed by atoms with Crippen molar-refractivity contribution in [3.8, 4) is 0 Å². The summed E-state index contributed by atoms with van der Waals surface area (Å²) >= 11 is 0. The minimum absolute atomic E-state index is 0.0588. The highest BCUT2D eigenvalue weighted by atomic mass is 16.5. The first-order valence-electron chi connectivity index (χ1n) is 11.9. The Labute approximate surface area is 180 Å².